The monoisotopic (exact) mass is 359 g/mol. The van der Waals surface area contributed by atoms with Crippen LogP contribution in [0, 0.1) is 0 Å². The van der Waals surface area contributed by atoms with Gasteiger partial charge in [-0.15, -0.1) is 22.7 Å². The Morgan fingerprint density at radius 1 is 1.45 bits per heavy atom. The molecule has 1 amide bonds. The number of nitrogens with zero attached hydrogens (tertiary/aromatic N) is 2. The van der Waals surface area contributed by atoms with Crippen LogP contribution in [0.15, 0.2) is 22.9 Å². The molecular formula is C13H17N3O3S3. The summed E-state index contributed by atoms with van der Waals surface area (Å²) in [4.78, 5) is 19.2. The lowest BCUT2D eigenvalue weighted by molar-refractivity contribution is -0.131. The Morgan fingerprint density at radius 3 is 2.77 bits per heavy atom. The lowest BCUT2D eigenvalue weighted by atomic mass is 10.3. The fourth-order valence-corrected chi connectivity index (χ4v) is 4.28. The highest BCUT2D eigenvalue weighted by molar-refractivity contribution is 7.88. The molecule has 120 valence electrons. The molecule has 2 heterocycles. The molecular weight excluding hydrogens is 342 g/mol. The van der Waals surface area contributed by atoms with Crippen molar-refractivity contribution in [1.82, 2.24) is 14.6 Å². The quantitative estimate of drug-likeness (QED) is 0.852. The Hall–Kier alpha value is -1.29. The molecule has 0 aromatic carbocycles. The molecule has 0 spiro atoms. The van der Waals surface area contributed by atoms with Gasteiger partial charge >= 0.3 is 0 Å². The summed E-state index contributed by atoms with van der Waals surface area (Å²) < 4.78 is 24.6. The van der Waals surface area contributed by atoms with Gasteiger partial charge in [0.1, 0.15) is 5.01 Å². The van der Waals surface area contributed by atoms with Crippen molar-refractivity contribution in [2.75, 3.05) is 13.3 Å². The van der Waals surface area contributed by atoms with E-state index >= 15 is 0 Å². The van der Waals surface area contributed by atoms with Crippen LogP contribution in [0.5, 0.6) is 0 Å². The summed E-state index contributed by atoms with van der Waals surface area (Å²) in [6.07, 6.45) is 1.03. The number of rotatable bonds is 6. The van der Waals surface area contributed by atoms with Gasteiger partial charge in [-0.2, -0.15) is 0 Å². The summed E-state index contributed by atoms with van der Waals surface area (Å²) in [5, 5.41) is 4.83. The Labute approximate surface area is 137 Å². The van der Waals surface area contributed by atoms with Gasteiger partial charge in [0.25, 0.3) is 0 Å². The molecule has 9 heteroatoms. The zero-order valence-corrected chi connectivity index (χ0v) is 14.9. The third-order valence-corrected chi connectivity index (χ3v) is 5.53. The van der Waals surface area contributed by atoms with Gasteiger partial charge in [0.15, 0.2) is 0 Å². The summed E-state index contributed by atoms with van der Waals surface area (Å²) in [5.41, 5.74) is 0.788. The Kier molecular flexibility index (Phi) is 5.32. The first-order valence-electron chi connectivity index (χ1n) is 6.47. The minimum Gasteiger partial charge on any atom is -0.338 e. The number of thiazole rings is 1. The molecule has 0 aliphatic carbocycles. The van der Waals surface area contributed by atoms with Gasteiger partial charge in [-0.25, -0.2) is 18.1 Å². The summed E-state index contributed by atoms with van der Waals surface area (Å²) in [7, 11) is -1.78. The summed E-state index contributed by atoms with van der Waals surface area (Å²) >= 11 is 3.15. The van der Waals surface area contributed by atoms with Crippen LogP contribution in [0.3, 0.4) is 0 Å². The second-order valence-electron chi connectivity index (χ2n) is 4.93. The molecule has 0 fully saturated rings. The standard InChI is InChI=1S/C13H17N3O3S3/c1-9(15-22(3,18)19)13(17)16(2)7-10-8-21-12(14-10)11-5-4-6-20-11/h4-6,8-9,15H,7H2,1-3H3. The van der Waals surface area contributed by atoms with Crippen molar-refractivity contribution in [3.8, 4) is 9.88 Å². The van der Waals surface area contributed by atoms with E-state index in [1.54, 1.807) is 18.4 Å². The van der Waals surface area contributed by atoms with E-state index in [0.717, 1.165) is 21.8 Å². The molecule has 2 aromatic rings. The lowest BCUT2D eigenvalue weighted by Crippen LogP contribution is -2.44. The molecule has 1 atom stereocenters. The smallest absolute Gasteiger partial charge is 0.240 e. The van der Waals surface area contributed by atoms with E-state index < -0.39 is 16.1 Å². The minimum atomic E-state index is -3.41. The first kappa shape index (κ1) is 17.1. The highest BCUT2D eigenvalue weighted by Gasteiger charge is 2.21. The molecule has 0 saturated heterocycles. The first-order valence-corrected chi connectivity index (χ1v) is 10.1. The van der Waals surface area contributed by atoms with Crippen LogP contribution in [0.25, 0.3) is 9.88 Å². The maximum Gasteiger partial charge on any atom is 0.240 e. The molecule has 2 rings (SSSR count). The Bertz CT molecular complexity index is 738. The zero-order chi connectivity index (χ0) is 16.3. The number of amides is 1. The summed E-state index contributed by atoms with van der Waals surface area (Å²) in [5.74, 6) is -0.295. The van der Waals surface area contributed by atoms with Crippen LogP contribution >= 0.6 is 22.7 Å². The van der Waals surface area contributed by atoms with Gasteiger partial charge < -0.3 is 4.90 Å². The third kappa shape index (κ3) is 4.60. The van der Waals surface area contributed by atoms with E-state index in [9.17, 15) is 13.2 Å². The second kappa shape index (κ2) is 6.86. The number of hydrogen-bond acceptors (Lipinski definition) is 6. The highest BCUT2D eigenvalue weighted by Crippen LogP contribution is 2.28. The molecule has 1 N–H and O–H groups in total. The van der Waals surface area contributed by atoms with Crippen molar-refractivity contribution >= 4 is 38.6 Å². The fourth-order valence-electron chi connectivity index (χ4n) is 1.92. The number of thiophene rings is 1. The number of sulfonamides is 1. The molecule has 0 bridgehead atoms. The van der Waals surface area contributed by atoms with Crippen molar-refractivity contribution in [2.24, 2.45) is 0 Å². The fraction of sp³-hybridized carbons (Fsp3) is 0.385. The van der Waals surface area contributed by atoms with Crippen molar-refractivity contribution < 1.29 is 13.2 Å². The first-order chi connectivity index (χ1) is 10.3. The predicted molar refractivity (Wildman–Crippen MR) is 89.3 cm³/mol. The zero-order valence-electron chi connectivity index (χ0n) is 12.4. The van der Waals surface area contributed by atoms with Crippen molar-refractivity contribution in [3.05, 3.63) is 28.6 Å². The van der Waals surface area contributed by atoms with Crippen LogP contribution in [0.1, 0.15) is 12.6 Å². The van der Waals surface area contributed by atoms with Gasteiger partial charge in [-0.3, -0.25) is 4.79 Å². The molecule has 1 unspecified atom stereocenters. The van der Waals surface area contributed by atoms with Crippen LogP contribution in [0.4, 0.5) is 0 Å². The summed E-state index contributed by atoms with van der Waals surface area (Å²) in [6.45, 7) is 1.87. The SMILES string of the molecule is CC(NS(C)(=O)=O)C(=O)N(C)Cc1csc(-c2cccs2)n1. The van der Waals surface area contributed by atoms with Crippen LogP contribution in [0.2, 0.25) is 0 Å². The summed E-state index contributed by atoms with van der Waals surface area (Å²) in [6, 6.07) is 3.17. The third-order valence-electron chi connectivity index (χ3n) is 2.82. The van der Waals surface area contributed by atoms with Gasteiger partial charge in [-0.1, -0.05) is 6.07 Å². The molecule has 0 aliphatic rings. The Morgan fingerprint density at radius 2 is 2.18 bits per heavy atom. The van der Waals surface area contributed by atoms with Gasteiger partial charge in [0, 0.05) is 12.4 Å². The van der Waals surface area contributed by atoms with E-state index in [4.69, 9.17) is 0 Å². The van der Waals surface area contributed by atoms with Gasteiger partial charge in [0.05, 0.1) is 29.4 Å². The largest absolute Gasteiger partial charge is 0.338 e. The molecule has 0 radical (unpaired) electrons. The molecule has 0 saturated carbocycles. The molecule has 6 nitrogen and oxygen atoms in total. The number of carbonyl (C=O) groups is 1. The molecule has 22 heavy (non-hydrogen) atoms. The molecule has 0 aliphatic heterocycles. The van der Waals surface area contributed by atoms with Crippen molar-refractivity contribution in [2.45, 2.75) is 19.5 Å². The number of nitrogens with one attached hydrogen (secondary N) is 1. The predicted octanol–water partition coefficient (Wildman–Crippen LogP) is 1.77. The highest BCUT2D eigenvalue weighted by atomic mass is 32.2. The minimum absolute atomic E-state index is 0.295. The Balaban J connectivity index is 2.00. The van der Waals surface area contributed by atoms with E-state index in [1.165, 1.54) is 23.2 Å². The van der Waals surface area contributed by atoms with E-state index in [2.05, 4.69) is 9.71 Å². The van der Waals surface area contributed by atoms with E-state index in [1.807, 2.05) is 22.9 Å². The number of likely N-dealkylation sites (N-methyl/N-ethyl adjacent to an activating group) is 1. The number of hydrogen-bond donors (Lipinski definition) is 1. The van der Waals surface area contributed by atoms with Crippen LogP contribution in [-0.4, -0.2) is 43.6 Å². The molecule has 2 aromatic heterocycles. The second-order valence-corrected chi connectivity index (χ2v) is 8.51. The van der Waals surface area contributed by atoms with Crippen molar-refractivity contribution in [3.63, 3.8) is 0 Å². The van der Waals surface area contributed by atoms with Gasteiger partial charge in [0.2, 0.25) is 15.9 Å². The number of carbonyl (C=O) groups excluding carboxylic acids is 1. The van der Waals surface area contributed by atoms with Crippen molar-refractivity contribution in [1.29, 1.82) is 0 Å². The average molecular weight is 359 g/mol. The lowest BCUT2D eigenvalue weighted by Gasteiger charge is -2.20. The maximum absolute atomic E-state index is 12.1. The van der Waals surface area contributed by atoms with Crippen LogP contribution < -0.4 is 4.72 Å². The van der Waals surface area contributed by atoms with E-state index in [-0.39, 0.29) is 5.91 Å². The maximum atomic E-state index is 12.1. The average Bonchev–Trinajstić information content (AvgIpc) is 3.05. The van der Waals surface area contributed by atoms with E-state index in [0.29, 0.717) is 6.54 Å². The van der Waals surface area contributed by atoms with Gasteiger partial charge in [-0.05, 0) is 18.4 Å². The normalized spacial score (nSPS) is 13.0. The van der Waals surface area contributed by atoms with Crippen LogP contribution in [-0.2, 0) is 21.4 Å². The number of aromatic nitrogens is 1. The topological polar surface area (TPSA) is 79.4 Å².